The quantitative estimate of drug-likeness (QED) is 0.675. The minimum Gasteiger partial charge on any atom is -0.467 e. The van der Waals surface area contributed by atoms with Crippen LogP contribution in [0.1, 0.15) is 27.2 Å². The van der Waals surface area contributed by atoms with Crippen molar-refractivity contribution >= 4 is 34.4 Å². The molecule has 9 nitrogen and oxygen atoms in total. The number of amides is 1. The molecule has 1 saturated heterocycles. The summed E-state index contributed by atoms with van der Waals surface area (Å²) < 4.78 is 25.1. The summed E-state index contributed by atoms with van der Waals surface area (Å²) in [6.45, 7) is 6.34. The first-order chi connectivity index (χ1) is 14.1. The molecule has 3 rings (SSSR count). The van der Waals surface area contributed by atoms with Gasteiger partial charge in [-0.2, -0.15) is 15.2 Å². The maximum Gasteiger partial charge on any atom is 0.410 e. The number of methoxy groups -OCH3 is 1. The third kappa shape index (κ3) is 4.46. The average Bonchev–Trinajstić information content (AvgIpc) is 2.69. The molecule has 0 bridgehead atoms. The van der Waals surface area contributed by atoms with E-state index in [-0.39, 0.29) is 23.1 Å². The molecule has 1 fully saturated rings. The fourth-order valence-corrected chi connectivity index (χ4v) is 3.36. The van der Waals surface area contributed by atoms with E-state index < -0.39 is 23.6 Å². The highest BCUT2D eigenvalue weighted by molar-refractivity contribution is 6.30. The van der Waals surface area contributed by atoms with Crippen LogP contribution < -0.4 is 9.64 Å². The SMILES string of the molecule is COc1nc(N2CCN(C(=O)OC(C)(C)C)[C@@H](CC#N)C2)c2cnc(Cl)c(F)c2n1. The van der Waals surface area contributed by atoms with Gasteiger partial charge in [-0.05, 0) is 20.8 Å². The standard InChI is InChI=1S/C19H22ClFN6O3/c1-19(2,3)30-18(28)27-8-7-26(10-11(27)5-6-22)16-12-9-23-15(20)13(21)14(12)24-17(25-16)29-4/h9,11H,5,7-8,10H2,1-4H3/t11-/m0/s1. The minimum atomic E-state index is -0.767. The lowest BCUT2D eigenvalue weighted by molar-refractivity contribution is 0.0145. The second-order valence-corrected chi connectivity index (χ2v) is 8.15. The van der Waals surface area contributed by atoms with Gasteiger partial charge in [-0.1, -0.05) is 11.6 Å². The van der Waals surface area contributed by atoms with Crippen molar-refractivity contribution in [1.82, 2.24) is 19.9 Å². The van der Waals surface area contributed by atoms with Gasteiger partial charge in [0, 0.05) is 25.8 Å². The van der Waals surface area contributed by atoms with Crippen LogP contribution in [0, 0.1) is 17.1 Å². The summed E-state index contributed by atoms with van der Waals surface area (Å²) in [7, 11) is 1.38. The molecule has 1 amide bonds. The van der Waals surface area contributed by atoms with Crippen molar-refractivity contribution in [2.45, 2.75) is 38.8 Å². The van der Waals surface area contributed by atoms with Crippen LogP contribution in [0.3, 0.4) is 0 Å². The van der Waals surface area contributed by atoms with E-state index in [0.717, 1.165) is 0 Å². The lowest BCUT2D eigenvalue weighted by Gasteiger charge is -2.41. The van der Waals surface area contributed by atoms with Gasteiger partial charge in [-0.25, -0.2) is 14.2 Å². The van der Waals surface area contributed by atoms with Gasteiger partial charge in [0.25, 0.3) is 0 Å². The molecule has 1 aliphatic rings. The fourth-order valence-electron chi connectivity index (χ4n) is 3.22. The van der Waals surface area contributed by atoms with Gasteiger partial charge in [0.2, 0.25) is 0 Å². The second-order valence-electron chi connectivity index (χ2n) is 7.79. The number of fused-ring (bicyclic) bond motifs is 1. The third-order valence-corrected chi connectivity index (χ3v) is 4.78. The van der Waals surface area contributed by atoms with Gasteiger partial charge in [0.15, 0.2) is 11.0 Å². The number of pyridine rings is 1. The predicted octanol–water partition coefficient (Wildman–Crippen LogP) is 3.17. The molecule has 1 atom stereocenters. The molecule has 2 aromatic rings. The number of carbonyl (C=O) groups is 1. The van der Waals surface area contributed by atoms with Crippen molar-refractivity contribution in [3.63, 3.8) is 0 Å². The number of ether oxygens (including phenoxy) is 2. The van der Waals surface area contributed by atoms with Crippen molar-refractivity contribution in [2.75, 3.05) is 31.6 Å². The third-order valence-electron chi connectivity index (χ3n) is 4.52. The Balaban J connectivity index is 1.96. The van der Waals surface area contributed by atoms with E-state index in [0.29, 0.717) is 30.8 Å². The number of nitrogens with zero attached hydrogens (tertiary/aromatic N) is 6. The molecule has 0 N–H and O–H groups in total. The highest BCUT2D eigenvalue weighted by atomic mass is 35.5. The Morgan fingerprint density at radius 3 is 2.77 bits per heavy atom. The Bertz CT molecular complexity index is 1010. The molecule has 0 aromatic carbocycles. The van der Waals surface area contributed by atoms with E-state index in [1.807, 2.05) is 4.90 Å². The van der Waals surface area contributed by atoms with E-state index in [2.05, 4.69) is 21.0 Å². The Hall–Kier alpha value is -2.93. The average molecular weight is 437 g/mol. The zero-order valence-electron chi connectivity index (χ0n) is 17.1. The normalized spacial score (nSPS) is 17.0. The fraction of sp³-hybridized carbons (Fsp3) is 0.526. The van der Waals surface area contributed by atoms with Crippen molar-refractivity contribution < 1.29 is 18.7 Å². The number of halogens is 2. The zero-order chi connectivity index (χ0) is 22.1. The van der Waals surface area contributed by atoms with E-state index in [4.69, 9.17) is 21.1 Å². The molecular formula is C19H22ClFN6O3. The Morgan fingerprint density at radius 1 is 1.40 bits per heavy atom. The van der Waals surface area contributed by atoms with Gasteiger partial charge < -0.3 is 19.3 Å². The van der Waals surface area contributed by atoms with Crippen LogP contribution in [0.25, 0.3) is 10.9 Å². The smallest absolute Gasteiger partial charge is 0.410 e. The van der Waals surface area contributed by atoms with Crippen LogP contribution in [-0.2, 0) is 4.74 Å². The first-order valence-corrected chi connectivity index (χ1v) is 9.69. The zero-order valence-corrected chi connectivity index (χ0v) is 17.9. The minimum absolute atomic E-state index is 0.0109. The maximum absolute atomic E-state index is 14.5. The first-order valence-electron chi connectivity index (χ1n) is 9.32. The topological polar surface area (TPSA) is 104 Å². The van der Waals surface area contributed by atoms with Crippen LogP contribution >= 0.6 is 11.6 Å². The van der Waals surface area contributed by atoms with Crippen LogP contribution in [0.5, 0.6) is 6.01 Å². The highest BCUT2D eigenvalue weighted by Crippen LogP contribution is 2.31. The van der Waals surface area contributed by atoms with E-state index in [1.54, 1.807) is 25.7 Å². The maximum atomic E-state index is 14.5. The first kappa shape index (κ1) is 21.8. The summed E-state index contributed by atoms with van der Waals surface area (Å²) in [6, 6.07) is 1.66. The van der Waals surface area contributed by atoms with E-state index in [9.17, 15) is 14.4 Å². The van der Waals surface area contributed by atoms with Crippen molar-refractivity contribution in [3.05, 3.63) is 17.2 Å². The molecule has 3 heterocycles. The predicted molar refractivity (Wildman–Crippen MR) is 108 cm³/mol. The molecule has 0 radical (unpaired) electrons. The summed E-state index contributed by atoms with van der Waals surface area (Å²) in [4.78, 5) is 28.3. The van der Waals surface area contributed by atoms with Crippen LogP contribution in [0.15, 0.2) is 6.20 Å². The van der Waals surface area contributed by atoms with Gasteiger partial charge in [-0.3, -0.25) is 0 Å². The molecule has 160 valence electrons. The van der Waals surface area contributed by atoms with Crippen molar-refractivity contribution in [2.24, 2.45) is 0 Å². The van der Waals surface area contributed by atoms with E-state index in [1.165, 1.54) is 13.3 Å². The number of piperazine rings is 1. The Labute approximate surface area is 178 Å². The van der Waals surface area contributed by atoms with Crippen LogP contribution in [-0.4, -0.2) is 64.3 Å². The van der Waals surface area contributed by atoms with E-state index >= 15 is 0 Å². The van der Waals surface area contributed by atoms with Gasteiger partial charge >= 0.3 is 12.1 Å². The Kier molecular flexibility index (Phi) is 6.12. The largest absolute Gasteiger partial charge is 0.467 e. The number of nitriles is 1. The summed E-state index contributed by atoms with van der Waals surface area (Å²) in [5.41, 5.74) is -0.660. The van der Waals surface area contributed by atoms with Gasteiger partial charge in [0.1, 0.15) is 16.9 Å². The van der Waals surface area contributed by atoms with Crippen LogP contribution in [0.2, 0.25) is 5.15 Å². The summed E-state index contributed by atoms with van der Waals surface area (Å²) in [6.07, 6.45) is 1.02. The molecular weight excluding hydrogens is 415 g/mol. The molecule has 0 unspecified atom stereocenters. The highest BCUT2D eigenvalue weighted by Gasteiger charge is 2.34. The summed E-state index contributed by atoms with van der Waals surface area (Å²) >= 11 is 5.80. The van der Waals surface area contributed by atoms with Crippen molar-refractivity contribution in [1.29, 1.82) is 5.26 Å². The number of hydrogen-bond acceptors (Lipinski definition) is 8. The van der Waals surface area contributed by atoms with Crippen molar-refractivity contribution in [3.8, 4) is 12.1 Å². The molecule has 0 spiro atoms. The monoisotopic (exact) mass is 436 g/mol. The summed E-state index contributed by atoms with van der Waals surface area (Å²) in [5, 5.41) is 9.32. The second kappa shape index (κ2) is 8.44. The molecule has 2 aromatic heterocycles. The lowest BCUT2D eigenvalue weighted by Crippen LogP contribution is -2.56. The van der Waals surface area contributed by atoms with Gasteiger partial charge in [-0.15, -0.1) is 0 Å². The summed E-state index contributed by atoms with van der Waals surface area (Å²) in [5.74, 6) is -0.372. The molecule has 0 aliphatic carbocycles. The van der Waals surface area contributed by atoms with Gasteiger partial charge in [0.05, 0.1) is 31.0 Å². The number of aromatic nitrogens is 3. The number of anilines is 1. The number of rotatable bonds is 3. The molecule has 1 aliphatic heterocycles. The lowest BCUT2D eigenvalue weighted by atomic mass is 10.1. The number of carbonyl (C=O) groups excluding carboxylic acids is 1. The number of hydrogen-bond donors (Lipinski definition) is 0. The molecule has 30 heavy (non-hydrogen) atoms. The molecule has 0 saturated carbocycles. The Morgan fingerprint density at radius 2 is 2.13 bits per heavy atom. The molecule has 11 heteroatoms. The van der Waals surface area contributed by atoms with Crippen LogP contribution in [0.4, 0.5) is 15.0 Å².